The molecule has 0 spiro atoms. The molecule has 184 valence electrons. The zero-order chi connectivity index (χ0) is 23.8. The Hall–Kier alpha value is -1.57. The number of fused-ring (bicyclic) bond motifs is 1. The molecule has 0 radical (unpaired) electrons. The predicted octanol–water partition coefficient (Wildman–Crippen LogP) is 3.90. The molecule has 2 aromatic carbocycles. The van der Waals surface area contributed by atoms with Crippen molar-refractivity contribution in [1.82, 2.24) is 0 Å². The van der Waals surface area contributed by atoms with E-state index < -0.39 is 31.2 Å². The molecule has 2 aromatic rings. The van der Waals surface area contributed by atoms with E-state index >= 15 is 0 Å². The van der Waals surface area contributed by atoms with E-state index in [0.717, 1.165) is 10.9 Å². The summed E-state index contributed by atoms with van der Waals surface area (Å²) in [6.45, 7) is 4.37. The van der Waals surface area contributed by atoms with E-state index in [4.69, 9.17) is 28.4 Å². The predicted molar refractivity (Wildman–Crippen MR) is 127 cm³/mol. The normalized spacial score (nSPS) is 36.6. The monoisotopic (exact) mass is 488 g/mol. The largest absolute Gasteiger partial charge is 0.378 e. The Labute approximate surface area is 201 Å². The fourth-order valence-electron chi connectivity index (χ4n) is 5.12. The standard InChI is InChI=1S/C26H33O7P/c1-26(2)32-23-22(29-16-18-10-6-4-7-11-18)21(31-24(23)33-26)17-30-25-20(28-3)14-15-34(25,27)19-12-8-5-9-13-19/h4-13,20-25H,14-17H2,1-3H3/t20-,21-,22-,23-,24-,25-,34?/m0/s1. The van der Waals surface area contributed by atoms with Crippen molar-refractivity contribution in [1.29, 1.82) is 0 Å². The Morgan fingerprint density at radius 2 is 1.71 bits per heavy atom. The summed E-state index contributed by atoms with van der Waals surface area (Å²) in [5.74, 6) is -1.28. The maximum Gasteiger partial charge on any atom is 0.190 e. The molecule has 0 N–H and O–H groups in total. The van der Waals surface area contributed by atoms with Gasteiger partial charge in [-0.05, 0) is 25.8 Å². The Morgan fingerprint density at radius 1 is 1.00 bits per heavy atom. The van der Waals surface area contributed by atoms with Gasteiger partial charge in [0.15, 0.2) is 12.1 Å². The highest BCUT2D eigenvalue weighted by Gasteiger charge is 2.56. The molecule has 0 saturated carbocycles. The molecule has 1 unspecified atom stereocenters. The second-order valence-electron chi connectivity index (χ2n) is 9.55. The molecule has 0 bridgehead atoms. The Balaban J connectivity index is 1.32. The van der Waals surface area contributed by atoms with E-state index in [1.807, 2.05) is 74.5 Å². The van der Waals surface area contributed by atoms with E-state index in [9.17, 15) is 4.57 Å². The van der Waals surface area contributed by atoms with Gasteiger partial charge in [0, 0.05) is 18.6 Å². The van der Waals surface area contributed by atoms with Crippen LogP contribution in [0.25, 0.3) is 0 Å². The molecular weight excluding hydrogens is 455 g/mol. The van der Waals surface area contributed by atoms with Crippen molar-refractivity contribution >= 4 is 12.4 Å². The molecule has 0 aromatic heterocycles. The number of ether oxygens (including phenoxy) is 6. The van der Waals surface area contributed by atoms with E-state index in [0.29, 0.717) is 19.2 Å². The molecule has 3 saturated heterocycles. The highest BCUT2D eigenvalue weighted by molar-refractivity contribution is 7.72. The SMILES string of the molecule is CO[C@H]1CCP(=O)(c2ccccc2)[C@@H]1OC[C@@H]1O[C@H]2OC(C)(C)O[C@H]2[C@H]1OCc1ccccc1. The summed E-state index contributed by atoms with van der Waals surface area (Å²) >= 11 is 0. The van der Waals surface area contributed by atoms with E-state index in [1.54, 1.807) is 7.11 Å². The summed E-state index contributed by atoms with van der Waals surface area (Å²) in [5.41, 5.74) is 1.06. The summed E-state index contributed by atoms with van der Waals surface area (Å²) in [7, 11) is -1.15. The smallest absolute Gasteiger partial charge is 0.190 e. The van der Waals surface area contributed by atoms with Crippen molar-refractivity contribution in [3.8, 4) is 0 Å². The quantitative estimate of drug-likeness (QED) is 0.522. The van der Waals surface area contributed by atoms with Gasteiger partial charge in [0.1, 0.15) is 31.3 Å². The van der Waals surface area contributed by atoms with Crippen LogP contribution in [0.15, 0.2) is 60.7 Å². The summed E-state index contributed by atoms with van der Waals surface area (Å²) in [6.07, 6.45) is -0.684. The first-order chi connectivity index (χ1) is 16.4. The van der Waals surface area contributed by atoms with Crippen molar-refractivity contribution in [2.24, 2.45) is 0 Å². The lowest BCUT2D eigenvalue weighted by Crippen LogP contribution is -2.40. The summed E-state index contributed by atoms with van der Waals surface area (Å²) in [5, 5.41) is 0.828. The third kappa shape index (κ3) is 4.76. The number of hydrogen-bond donors (Lipinski definition) is 0. The van der Waals surface area contributed by atoms with Gasteiger partial charge in [0.05, 0.1) is 19.3 Å². The second-order valence-corrected chi connectivity index (χ2v) is 12.6. The Kier molecular flexibility index (Phi) is 6.97. The number of benzene rings is 2. The van der Waals surface area contributed by atoms with Gasteiger partial charge in [-0.15, -0.1) is 0 Å². The molecule has 3 aliphatic heterocycles. The lowest BCUT2D eigenvalue weighted by Gasteiger charge is -2.29. The molecule has 34 heavy (non-hydrogen) atoms. The first-order valence-corrected chi connectivity index (χ1v) is 13.8. The van der Waals surface area contributed by atoms with Gasteiger partial charge in [-0.3, -0.25) is 0 Å². The van der Waals surface area contributed by atoms with Crippen molar-refractivity contribution < 1.29 is 33.0 Å². The molecule has 0 aliphatic carbocycles. The summed E-state index contributed by atoms with van der Waals surface area (Å²) < 4.78 is 50.7. The molecule has 5 rings (SSSR count). The highest BCUT2D eigenvalue weighted by Crippen LogP contribution is 2.58. The molecule has 7 atom stereocenters. The van der Waals surface area contributed by atoms with Gasteiger partial charge in [-0.25, -0.2) is 0 Å². The minimum atomic E-state index is -2.80. The zero-order valence-electron chi connectivity index (χ0n) is 19.9. The molecule has 3 fully saturated rings. The zero-order valence-corrected chi connectivity index (χ0v) is 20.8. The van der Waals surface area contributed by atoms with Crippen LogP contribution in [0.5, 0.6) is 0 Å². The van der Waals surface area contributed by atoms with Crippen LogP contribution in [-0.2, 0) is 39.6 Å². The average molecular weight is 489 g/mol. The van der Waals surface area contributed by atoms with Crippen LogP contribution in [0.2, 0.25) is 0 Å². The molecule has 0 amide bonds. The highest BCUT2D eigenvalue weighted by atomic mass is 31.2. The van der Waals surface area contributed by atoms with Crippen molar-refractivity contribution in [3.63, 3.8) is 0 Å². The average Bonchev–Trinajstić information content (AvgIpc) is 3.44. The van der Waals surface area contributed by atoms with Gasteiger partial charge in [0.2, 0.25) is 0 Å². The van der Waals surface area contributed by atoms with Crippen LogP contribution in [0.1, 0.15) is 25.8 Å². The minimum Gasteiger partial charge on any atom is -0.378 e. The van der Waals surface area contributed by atoms with Crippen LogP contribution in [0, 0.1) is 0 Å². The van der Waals surface area contributed by atoms with Crippen LogP contribution in [0.3, 0.4) is 0 Å². The number of methoxy groups -OCH3 is 1. The van der Waals surface area contributed by atoms with Gasteiger partial charge in [-0.2, -0.15) is 0 Å². The molecule has 3 heterocycles. The fraction of sp³-hybridized carbons (Fsp3) is 0.538. The topological polar surface area (TPSA) is 72.5 Å². The van der Waals surface area contributed by atoms with Crippen molar-refractivity contribution in [2.45, 2.75) is 69.2 Å². The van der Waals surface area contributed by atoms with Gasteiger partial charge >= 0.3 is 0 Å². The lowest BCUT2D eigenvalue weighted by molar-refractivity contribution is -0.226. The van der Waals surface area contributed by atoms with E-state index in [1.165, 1.54) is 0 Å². The van der Waals surface area contributed by atoms with Gasteiger partial charge in [-0.1, -0.05) is 60.7 Å². The molecule has 7 nitrogen and oxygen atoms in total. The van der Waals surface area contributed by atoms with Crippen LogP contribution in [-0.4, -0.2) is 62.2 Å². The minimum absolute atomic E-state index is 0.209. The summed E-state index contributed by atoms with van der Waals surface area (Å²) in [6, 6.07) is 19.6. The Bertz CT molecular complexity index is 999. The first kappa shape index (κ1) is 24.1. The van der Waals surface area contributed by atoms with E-state index in [-0.39, 0.29) is 24.9 Å². The van der Waals surface area contributed by atoms with Crippen LogP contribution >= 0.6 is 7.14 Å². The molecule has 8 heteroatoms. The van der Waals surface area contributed by atoms with Gasteiger partial charge < -0.3 is 33.0 Å². The maximum atomic E-state index is 14.1. The van der Waals surface area contributed by atoms with Crippen molar-refractivity contribution in [3.05, 3.63) is 66.2 Å². The number of hydrogen-bond acceptors (Lipinski definition) is 7. The fourth-order valence-corrected chi connectivity index (χ4v) is 8.37. The van der Waals surface area contributed by atoms with E-state index in [2.05, 4.69) is 0 Å². The molecular formula is C26H33O7P. The van der Waals surface area contributed by atoms with Gasteiger partial charge in [0.25, 0.3) is 0 Å². The first-order valence-electron chi connectivity index (χ1n) is 11.8. The number of rotatable bonds is 8. The second kappa shape index (κ2) is 9.82. The third-order valence-corrected chi connectivity index (χ3v) is 10.2. The molecule has 3 aliphatic rings. The Morgan fingerprint density at radius 3 is 2.41 bits per heavy atom. The van der Waals surface area contributed by atoms with Crippen LogP contribution in [0.4, 0.5) is 0 Å². The maximum absolute atomic E-state index is 14.1. The lowest BCUT2D eigenvalue weighted by atomic mass is 10.1. The van der Waals surface area contributed by atoms with Crippen LogP contribution < -0.4 is 5.30 Å². The van der Waals surface area contributed by atoms with Crippen molar-refractivity contribution in [2.75, 3.05) is 19.9 Å². The summed E-state index contributed by atoms with van der Waals surface area (Å²) in [4.78, 5) is 0. The third-order valence-electron chi connectivity index (χ3n) is 6.77.